The number of halogens is 1. The number of carbonyl (C=O) groups is 3. The fourth-order valence-electron chi connectivity index (χ4n) is 3.23. The molecule has 2 aromatic rings. The average Bonchev–Trinajstić information content (AvgIpc) is 3.12. The third-order valence-corrected chi connectivity index (χ3v) is 5.31. The molecular weight excluding hydrogens is 390 g/mol. The third-order valence-electron chi connectivity index (χ3n) is 4.98. The second kappa shape index (κ2) is 9.09. The van der Waals surface area contributed by atoms with Gasteiger partial charge in [0.15, 0.2) is 0 Å². The number of nitrogens with zero attached hydrogens (tertiary/aromatic N) is 1. The van der Waals surface area contributed by atoms with Gasteiger partial charge in [0.2, 0.25) is 17.7 Å². The van der Waals surface area contributed by atoms with Gasteiger partial charge in [0.1, 0.15) is 0 Å². The van der Waals surface area contributed by atoms with Crippen LogP contribution in [0.2, 0.25) is 5.02 Å². The van der Waals surface area contributed by atoms with Gasteiger partial charge in [-0.05, 0) is 42.3 Å². The van der Waals surface area contributed by atoms with Gasteiger partial charge in [-0.25, -0.2) is 0 Å². The Morgan fingerprint density at radius 2 is 1.83 bits per heavy atom. The number of anilines is 3. The van der Waals surface area contributed by atoms with Crippen LogP contribution in [0.3, 0.4) is 0 Å². The summed E-state index contributed by atoms with van der Waals surface area (Å²) in [6.07, 6.45) is 1.42. The Labute approximate surface area is 175 Å². The molecule has 1 heterocycles. The molecule has 0 aliphatic carbocycles. The van der Waals surface area contributed by atoms with Crippen LogP contribution < -0.4 is 15.5 Å². The number of hydrogen-bond donors (Lipinski definition) is 2. The summed E-state index contributed by atoms with van der Waals surface area (Å²) < 4.78 is 0. The highest BCUT2D eigenvalue weighted by Gasteiger charge is 2.35. The Morgan fingerprint density at radius 3 is 2.48 bits per heavy atom. The molecular formula is C22H24ClN3O3. The number of hydrogen-bond acceptors (Lipinski definition) is 3. The van der Waals surface area contributed by atoms with Crippen molar-refractivity contribution in [3.8, 4) is 0 Å². The molecule has 1 atom stereocenters. The van der Waals surface area contributed by atoms with Crippen LogP contribution in [-0.2, 0) is 20.8 Å². The molecule has 1 saturated heterocycles. The molecule has 0 spiro atoms. The summed E-state index contributed by atoms with van der Waals surface area (Å²) in [6.45, 7) is 4.15. The normalized spacial score (nSPS) is 16.0. The lowest BCUT2D eigenvalue weighted by atomic mass is 10.1. The molecule has 1 fully saturated rings. The predicted octanol–water partition coefficient (Wildman–Crippen LogP) is 4.24. The monoisotopic (exact) mass is 413 g/mol. The molecule has 1 aliphatic heterocycles. The summed E-state index contributed by atoms with van der Waals surface area (Å²) in [5.41, 5.74) is 2.95. The van der Waals surface area contributed by atoms with E-state index in [-0.39, 0.29) is 24.1 Å². The first kappa shape index (κ1) is 20.9. The molecule has 0 bridgehead atoms. The molecule has 0 aromatic heterocycles. The molecule has 3 rings (SSSR count). The SMILES string of the molecule is CCC(=O)Nc1ccc(Cl)c(NC(=O)C2CC(=O)N(c3ccc(CC)cc3)C2)c1. The van der Waals surface area contributed by atoms with Crippen molar-refractivity contribution < 1.29 is 14.4 Å². The molecule has 0 radical (unpaired) electrons. The summed E-state index contributed by atoms with van der Waals surface area (Å²) >= 11 is 6.19. The fourth-order valence-corrected chi connectivity index (χ4v) is 3.39. The van der Waals surface area contributed by atoms with Crippen LogP contribution in [0.25, 0.3) is 0 Å². The predicted molar refractivity (Wildman–Crippen MR) is 115 cm³/mol. The van der Waals surface area contributed by atoms with Gasteiger partial charge < -0.3 is 15.5 Å². The van der Waals surface area contributed by atoms with Crippen LogP contribution in [0.15, 0.2) is 42.5 Å². The van der Waals surface area contributed by atoms with Gasteiger partial charge in [-0.2, -0.15) is 0 Å². The van der Waals surface area contributed by atoms with Gasteiger partial charge in [0, 0.05) is 30.8 Å². The van der Waals surface area contributed by atoms with Crippen LogP contribution in [0.5, 0.6) is 0 Å². The van der Waals surface area contributed by atoms with E-state index >= 15 is 0 Å². The maximum atomic E-state index is 12.7. The van der Waals surface area contributed by atoms with Crippen molar-refractivity contribution in [3.63, 3.8) is 0 Å². The number of aryl methyl sites for hydroxylation is 1. The van der Waals surface area contributed by atoms with Gasteiger partial charge in [0.25, 0.3) is 0 Å². The number of rotatable bonds is 6. The van der Waals surface area contributed by atoms with Gasteiger partial charge in [-0.15, -0.1) is 0 Å². The van der Waals surface area contributed by atoms with Crippen molar-refractivity contribution in [2.75, 3.05) is 22.1 Å². The van der Waals surface area contributed by atoms with Crippen molar-refractivity contribution in [2.24, 2.45) is 5.92 Å². The maximum Gasteiger partial charge on any atom is 0.229 e. The second-order valence-corrected chi connectivity index (χ2v) is 7.42. The summed E-state index contributed by atoms with van der Waals surface area (Å²) in [5.74, 6) is -0.953. The molecule has 29 heavy (non-hydrogen) atoms. The summed E-state index contributed by atoms with van der Waals surface area (Å²) in [7, 11) is 0. The zero-order valence-corrected chi connectivity index (χ0v) is 17.3. The van der Waals surface area contributed by atoms with Crippen molar-refractivity contribution in [2.45, 2.75) is 33.1 Å². The maximum absolute atomic E-state index is 12.7. The van der Waals surface area contributed by atoms with Gasteiger partial charge in [0.05, 0.1) is 16.6 Å². The average molecular weight is 414 g/mol. The number of amides is 3. The topological polar surface area (TPSA) is 78.5 Å². The van der Waals surface area contributed by atoms with E-state index in [1.807, 2.05) is 24.3 Å². The van der Waals surface area contributed by atoms with Crippen molar-refractivity contribution in [1.82, 2.24) is 0 Å². The molecule has 0 saturated carbocycles. The first-order chi connectivity index (χ1) is 13.9. The van der Waals surface area contributed by atoms with E-state index in [0.717, 1.165) is 12.1 Å². The Morgan fingerprint density at radius 1 is 1.10 bits per heavy atom. The standard InChI is InChI=1S/C22H24ClN3O3/c1-3-14-5-8-17(9-6-14)26-13-15(11-21(26)28)22(29)25-19-12-16(7-10-18(19)23)24-20(27)4-2/h5-10,12,15H,3-4,11,13H2,1-2H3,(H,24,27)(H,25,29). The molecule has 6 nitrogen and oxygen atoms in total. The Balaban J connectivity index is 1.69. The second-order valence-electron chi connectivity index (χ2n) is 7.01. The largest absolute Gasteiger partial charge is 0.326 e. The zero-order chi connectivity index (χ0) is 21.0. The lowest BCUT2D eigenvalue weighted by Gasteiger charge is -2.17. The van der Waals surface area contributed by atoms with Crippen molar-refractivity contribution in [1.29, 1.82) is 0 Å². The van der Waals surface area contributed by atoms with E-state index in [1.165, 1.54) is 5.56 Å². The summed E-state index contributed by atoms with van der Waals surface area (Å²) in [6, 6.07) is 12.7. The van der Waals surface area contributed by atoms with Crippen molar-refractivity contribution in [3.05, 3.63) is 53.1 Å². The van der Waals surface area contributed by atoms with Crippen LogP contribution >= 0.6 is 11.6 Å². The van der Waals surface area contributed by atoms with E-state index in [2.05, 4.69) is 17.6 Å². The molecule has 1 unspecified atom stereocenters. The van der Waals surface area contributed by atoms with E-state index in [9.17, 15) is 14.4 Å². The molecule has 7 heteroatoms. The quantitative estimate of drug-likeness (QED) is 0.743. The van der Waals surface area contributed by atoms with Crippen molar-refractivity contribution >= 4 is 46.4 Å². The summed E-state index contributed by atoms with van der Waals surface area (Å²) in [5, 5.41) is 5.89. The lowest BCUT2D eigenvalue weighted by molar-refractivity contribution is -0.122. The third kappa shape index (κ3) is 4.95. The number of carbonyl (C=O) groups excluding carboxylic acids is 3. The van der Waals surface area contributed by atoms with E-state index < -0.39 is 5.92 Å². The van der Waals surface area contributed by atoms with Crippen LogP contribution in [-0.4, -0.2) is 24.3 Å². The Bertz CT molecular complexity index is 927. The highest BCUT2D eigenvalue weighted by Crippen LogP contribution is 2.29. The van der Waals surface area contributed by atoms with E-state index in [4.69, 9.17) is 11.6 Å². The van der Waals surface area contributed by atoms with Gasteiger partial charge in [-0.1, -0.05) is 37.6 Å². The fraction of sp³-hybridized carbons (Fsp3) is 0.318. The molecule has 1 aliphatic rings. The van der Waals surface area contributed by atoms with Crippen LogP contribution in [0, 0.1) is 5.92 Å². The van der Waals surface area contributed by atoms with Gasteiger partial charge in [-0.3, -0.25) is 14.4 Å². The Kier molecular flexibility index (Phi) is 6.54. The Hall–Kier alpha value is -2.86. The first-order valence-electron chi connectivity index (χ1n) is 9.70. The molecule has 152 valence electrons. The first-order valence-corrected chi connectivity index (χ1v) is 10.1. The minimum absolute atomic E-state index is 0.0792. The summed E-state index contributed by atoms with van der Waals surface area (Å²) in [4.78, 5) is 38.4. The van der Waals surface area contributed by atoms with E-state index in [1.54, 1.807) is 30.0 Å². The minimum Gasteiger partial charge on any atom is -0.326 e. The molecule has 2 aromatic carbocycles. The van der Waals surface area contributed by atoms with E-state index in [0.29, 0.717) is 29.4 Å². The van der Waals surface area contributed by atoms with Crippen LogP contribution in [0.4, 0.5) is 17.1 Å². The minimum atomic E-state index is -0.474. The smallest absolute Gasteiger partial charge is 0.229 e. The molecule has 3 amide bonds. The highest BCUT2D eigenvalue weighted by atomic mass is 35.5. The molecule has 2 N–H and O–H groups in total. The van der Waals surface area contributed by atoms with Gasteiger partial charge >= 0.3 is 0 Å². The number of nitrogens with one attached hydrogen (secondary N) is 2. The lowest BCUT2D eigenvalue weighted by Crippen LogP contribution is -2.28. The highest BCUT2D eigenvalue weighted by molar-refractivity contribution is 6.34. The zero-order valence-electron chi connectivity index (χ0n) is 16.5. The number of benzene rings is 2. The van der Waals surface area contributed by atoms with Crippen LogP contribution in [0.1, 0.15) is 32.3 Å².